The molecule has 0 saturated heterocycles. The molecule has 0 spiro atoms. The number of amides is 1. The van der Waals surface area contributed by atoms with Gasteiger partial charge >= 0.3 is 0 Å². The summed E-state index contributed by atoms with van der Waals surface area (Å²) in [7, 11) is -1.99. The number of phenolic OH excluding ortho intramolecular Hbond substituents is 1. The number of phenols is 1. The minimum Gasteiger partial charge on any atom is -0.504 e. The first-order valence-electron chi connectivity index (χ1n) is 9.00. The van der Waals surface area contributed by atoms with Crippen molar-refractivity contribution in [1.29, 1.82) is 0 Å². The summed E-state index contributed by atoms with van der Waals surface area (Å²) in [6.45, 7) is 1.53. The van der Waals surface area contributed by atoms with Crippen LogP contribution in [0, 0.1) is 6.92 Å². The third-order valence-corrected chi connectivity index (χ3v) is 6.06. The lowest BCUT2D eigenvalue weighted by Crippen LogP contribution is -2.36. The fourth-order valence-electron chi connectivity index (χ4n) is 3.25. The van der Waals surface area contributed by atoms with Crippen LogP contribution >= 0.6 is 0 Å². The minimum atomic E-state index is -3.35. The highest BCUT2D eigenvalue weighted by molar-refractivity contribution is 7.94. The van der Waals surface area contributed by atoms with Crippen LogP contribution in [0.25, 0.3) is 0 Å². The molecule has 0 unspecified atom stereocenters. The molecule has 3 N–H and O–H groups in total. The molecule has 1 aromatic carbocycles. The van der Waals surface area contributed by atoms with Crippen molar-refractivity contribution in [1.82, 2.24) is 5.32 Å². The molecule has 0 bridgehead atoms. The Morgan fingerprint density at radius 2 is 2.07 bits per heavy atom. The van der Waals surface area contributed by atoms with Crippen LogP contribution in [0.1, 0.15) is 29.4 Å². The van der Waals surface area contributed by atoms with Crippen molar-refractivity contribution in [3.05, 3.63) is 63.1 Å². The standard InChI is InChI=1S/C20H21NO8S/c1-11-7-16(23)19(25)20(29-11)14(12-3-4-15(22)17(8-12)28-2)9-18(24)21-13-5-6-30(26,27)10-13/h3-8,13-14,22,25H,9-10H2,1-2H3,(H,21,24)/t13-,14-/m1/s1. The van der Waals surface area contributed by atoms with E-state index >= 15 is 0 Å². The van der Waals surface area contributed by atoms with E-state index in [-0.39, 0.29) is 35.2 Å². The molecule has 1 aromatic heterocycles. The highest BCUT2D eigenvalue weighted by atomic mass is 32.2. The number of ether oxygens (including phenoxy) is 1. The first-order chi connectivity index (χ1) is 14.1. The van der Waals surface area contributed by atoms with Gasteiger partial charge in [0.2, 0.25) is 17.1 Å². The molecular weight excluding hydrogens is 414 g/mol. The highest BCUT2D eigenvalue weighted by Gasteiger charge is 2.29. The zero-order valence-corrected chi connectivity index (χ0v) is 17.1. The first kappa shape index (κ1) is 21.4. The van der Waals surface area contributed by atoms with Crippen LogP contribution in [0.2, 0.25) is 0 Å². The van der Waals surface area contributed by atoms with Crippen molar-refractivity contribution in [3.63, 3.8) is 0 Å². The maximum absolute atomic E-state index is 12.6. The van der Waals surface area contributed by atoms with Crippen LogP contribution in [0.15, 0.2) is 45.0 Å². The molecule has 30 heavy (non-hydrogen) atoms. The van der Waals surface area contributed by atoms with Crippen molar-refractivity contribution in [2.45, 2.75) is 25.3 Å². The smallest absolute Gasteiger partial charge is 0.227 e. The Balaban J connectivity index is 1.97. The van der Waals surface area contributed by atoms with Crippen LogP contribution in [-0.2, 0) is 14.6 Å². The van der Waals surface area contributed by atoms with E-state index in [1.54, 1.807) is 0 Å². The molecule has 0 aliphatic carbocycles. The molecule has 3 rings (SSSR count). The summed E-state index contributed by atoms with van der Waals surface area (Å²) in [5, 5.41) is 23.8. The second kappa shape index (κ2) is 8.23. The summed E-state index contributed by atoms with van der Waals surface area (Å²) in [6, 6.07) is 4.79. The Hall–Kier alpha value is -3.27. The number of nitrogens with one attached hydrogen (secondary N) is 1. The molecule has 2 heterocycles. The second-order valence-corrected chi connectivity index (χ2v) is 8.89. The van der Waals surface area contributed by atoms with Gasteiger partial charge in [-0.25, -0.2) is 8.42 Å². The first-order valence-corrected chi connectivity index (χ1v) is 10.7. The van der Waals surface area contributed by atoms with E-state index in [2.05, 4.69) is 5.32 Å². The van der Waals surface area contributed by atoms with Crippen LogP contribution in [-0.4, -0.2) is 43.4 Å². The molecule has 0 fully saturated rings. The highest BCUT2D eigenvalue weighted by Crippen LogP contribution is 2.37. The van der Waals surface area contributed by atoms with Gasteiger partial charge in [-0.1, -0.05) is 6.07 Å². The van der Waals surface area contributed by atoms with Gasteiger partial charge in [0.15, 0.2) is 27.1 Å². The van der Waals surface area contributed by atoms with Gasteiger partial charge < -0.3 is 24.7 Å². The van der Waals surface area contributed by atoms with Gasteiger partial charge in [0.25, 0.3) is 0 Å². The minimum absolute atomic E-state index is 0.113. The zero-order valence-electron chi connectivity index (χ0n) is 16.3. The Kier molecular flexibility index (Phi) is 5.88. The fraction of sp³-hybridized carbons (Fsp3) is 0.300. The number of aryl methyl sites for hydroxylation is 1. The predicted octanol–water partition coefficient (Wildman–Crippen LogP) is 1.32. The maximum atomic E-state index is 12.6. The van der Waals surface area contributed by atoms with Gasteiger partial charge in [0.05, 0.1) is 24.8 Å². The molecule has 160 valence electrons. The molecule has 0 saturated carbocycles. The Morgan fingerprint density at radius 3 is 2.70 bits per heavy atom. The maximum Gasteiger partial charge on any atom is 0.227 e. The number of sulfone groups is 1. The van der Waals surface area contributed by atoms with Crippen molar-refractivity contribution in [2.75, 3.05) is 12.9 Å². The summed E-state index contributed by atoms with van der Waals surface area (Å²) in [5.74, 6) is -2.13. The van der Waals surface area contributed by atoms with Gasteiger partial charge in [-0.3, -0.25) is 9.59 Å². The lowest BCUT2D eigenvalue weighted by molar-refractivity contribution is -0.121. The van der Waals surface area contributed by atoms with Crippen LogP contribution < -0.4 is 15.5 Å². The van der Waals surface area contributed by atoms with E-state index in [0.29, 0.717) is 5.56 Å². The van der Waals surface area contributed by atoms with E-state index in [1.807, 2.05) is 0 Å². The normalized spacial score (nSPS) is 18.1. The number of carbonyl (C=O) groups is 1. The molecule has 9 nitrogen and oxygen atoms in total. The number of carbonyl (C=O) groups excluding carboxylic acids is 1. The molecule has 10 heteroatoms. The quantitative estimate of drug-likeness (QED) is 0.616. The third kappa shape index (κ3) is 4.65. The van der Waals surface area contributed by atoms with Crippen molar-refractivity contribution >= 4 is 15.7 Å². The lowest BCUT2D eigenvalue weighted by atomic mass is 9.91. The van der Waals surface area contributed by atoms with Gasteiger partial charge in [0.1, 0.15) is 5.76 Å². The molecule has 1 aliphatic heterocycles. The van der Waals surface area contributed by atoms with Crippen LogP contribution in [0.4, 0.5) is 0 Å². The number of hydrogen-bond acceptors (Lipinski definition) is 8. The van der Waals surface area contributed by atoms with E-state index in [0.717, 1.165) is 11.5 Å². The Morgan fingerprint density at radius 1 is 1.33 bits per heavy atom. The summed E-state index contributed by atoms with van der Waals surface area (Å²) in [6.07, 6.45) is 1.13. The fourth-order valence-corrected chi connectivity index (χ4v) is 4.49. The number of benzene rings is 1. The topological polar surface area (TPSA) is 143 Å². The second-order valence-electron chi connectivity index (χ2n) is 6.95. The van der Waals surface area contributed by atoms with Gasteiger partial charge in [0, 0.05) is 17.9 Å². The van der Waals surface area contributed by atoms with Gasteiger partial charge in [-0.15, -0.1) is 0 Å². The average Bonchev–Trinajstić information content (AvgIpc) is 3.01. The van der Waals surface area contributed by atoms with E-state index in [1.165, 1.54) is 38.3 Å². The molecule has 1 amide bonds. The zero-order chi connectivity index (χ0) is 22.1. The van der Waals surface area contributed by atoms with E-state index in [4.69, 9.17) is 9.15 Å². The number of hydrogen-bond donors (Lipinski definition) is 3. The molecule has 0 radical (unpaired) electrons. The Labute approximate surface area is 172 Å². The summed E-state index contributed by atoms with van der Waals surface area (Å²) >= 11 is 0. The summed E-state index contributed by atoms with van der Waals surface area (Å²) in [4.78, 5) is 24.7. The van der Waals surface area contributed by atoms with Gasteiger partial charge in [-0.05, 0) is 30.7 Å². The molecule has 1 aliphatic rings. The van der Waals surface area contributed by atoms with Crippen LogP contribution in [0.5, 0.6) is 17.2 Å². The molecule has 2 aromatic rings. The molecular formula is C20H21NO8S. The summed E-state index contributed by atoms with van der Waals surface area (Å²) < 4.78 is 33.8. The molecule has 2 atom stereocenters. The van der Waals surface area contributed by atoms with Gasteiger partial charge in [-0.2, -0.15) is 0 Å². The number of rotatable bonds is 6. The largest absolute Gasteiger partial charge is 0.504 e. The lowest BCUT2D eigenvalue weighted by Gasteiger charge is -2.19. The third-order valence-electron chi connectivity index (χ3n) is 4.66. The van der Waals surface area contributed by atoms with E-state index in [9.17, 15) is 28.2 Å². The van der Waals surface area contributed by atoms with E-state index < -0.39 is 38.9 Å². The van der Waals surface area contributed by atoms with Crippen molar-refractivity contribution in [2.24, 2.45) is 0 Å². The Bertz CT molecular complexity index is 1170. The SMILES string of the molecule is COc1cc([C@@H](CC(=O)N[C@@H]2C=CS(=O)(=O)C2)c2oc(C)cc(=O)c2O)ccc1O. The number of aromatic hydroxyl groups is 2. The number of methoxy groups -OCH3 is 1. The van der Waals surface area contributed by atoms with Crippen molar-refractivity contribution in [3.8, 4) is 17.2 Å². The predicted molar refractivity (Wildman–Crippen MR) is 107 cm³/mol. The van der Waals surface area contributed by atoms with Crippen LogP contribution in [0.3, 0.4) is 0 Å². The summed E-state index contributed by atoms with van der Waals surface area (Å²) in [5.41, 5.74) is -0.215. The average molecular weight is 435 g/mol. The van der Waals surface area contributed by atoms with Crippen molar-refractivity contribution < 1.29 is 32.6 Å². The monoisotopic (exact) mass is 435 g/mol.